The van der Waals surface area contributed by atoms with Crippen molar-refractivity contribution in [1.82, 2.24) is 14.6 Å². The number of rotatable bonds is 3. The molecule has 2 aliphatic heterocycles. The van der Waals surface area contributed by atoms with Crippen molar-refractivity contribution < 1.29 is 13.2 Å². The first-order valence-electron chi connectivity index (χ1n) is 8.20. The van der Waals surface area contributed by atoms with E-state index in [1.165, 1.54) is 18.4 Å². The molecule has 0 saturated carbocycles. The minimum atomic E-state index is -3.59. The van der Waals surface area contributed by atoms with Gasteiger partial charge in [-0.1, -0.05) is 11.6 Å². The molecule has 0 unspecified atom stereocenters. The summed E-state index contributed by atoms with van der Waals surface area (Å²) < 4.78 is 31.2. The fourth-order valence-corrected chi connectivity index (χ4v) is 6.32. The highest BCUT2D eigenvalue weighted by Crippen LogP contribution is 2.42. The van der Waals surface area contributed by atoms with Gasteiger partial charge in [0, 0.05) is 7.05 Å². The molecule has 1 atom stereocenters. The van der Waals surface area contributed by atoms with Gasteiger partial charge in [0.2, 0.25) is 21.9 Å². The monoisotopic (exact) mass is 427 g/mol. The average molecular weight is 428 g/mol. The number of hydrogen-bond acceptors (Lipinski definition) is 6. The van der Waals surface area contributed by atoms with Crippen LogP contribution in [0.25, 0.3) is 10.6 Å². The fraction of sp³-hybridized carbons (Fsp3) is 0.375. The molecule has 0 radical (unpaired) electrons. The molecule has 4 rings (SSSR count). The standard InChI is InChI=1S/C16H18ClN5O3S2/c1-16(8-27(23,24)22(2)15(18)21-16)13-9(17)7-12(26-13)10-3-4-11(20-10)14-19-5-6-25-14/h3-4,7,20H,5-6,8H2,1-2H3,(H2,18,21)/t16-/m0/s1. The lowest BCUT2D eigenvalue weighted by Gasteiger charge is -2.39. The van der Waals surface area contributed by atoms with Crippen LogP contribution in [0.5, 0.6) is 0 Å². The molecular formula is C16H18ClN5O3S2. The highest BCUT2D eigenvalue weighted by molar-refractivity contribution is 7.89. The van der Waals surface area contributed by atoms with Crippen LogP contribution in [0, 0.1) is 5.41 Å². The number of hydrogen-bond donors (Lipinski definition) is 3. The Morgan fingerprint density at radius 1 is 1.41 bits per heavy atom. The number of sulfonamides is 1. The second-order valence-corrected chi connectivity index (χ2v) is 10.1. The number of nitrogens with one attached hydrogen (secondary N) is 3. The van der Waals surface area contributed by atoms with Crippen molar-refractivity contribution in [3.8, 4) is 10.6 Å². The van der Waals surface area contributed by atoms with E-state index >= 15 is 0 Å². The molecule has 2 aromatic heterocycles. The Kier molecular flexibility index (Phi) is 4.24. The smallest absolute Gasteiger partial charge is 0.239 e. The molecule has 27 heavy (non-hydrogen) atoms. The van der Waals surface area contributed by atoms with E-state index in [0.29, 0.717) is 28.9 Å². The Labute approximate surface area is 165 Å². The van der Waals surface area contributed by atoms with Gasteiger partial charge < -0.3 is 15.0 Å². The Morgan fingerprint density at radius 2 is 2.15 bits per heavy atom. The first-order valence-corrected chi connectivity index (χ1v) is 11.0. The zero-order valence-electron chi connectivity index (χ0n) is 14.7. The summed E-state index contributed by atoms with van der Waals surface area (Å²) in [4.78, 5) is 9.09. The van der Waals surface area contributed by atoms with Crippen molar-refractivity contribution in [3.63, 3.8) is 0 Å². The molecule has 0 aliphatic carbocycles. The van der Waals surface area contributed by atoms with Crippen molar-refractivity contribution >= 4 is 44.8 Å². The van der Waals surface area contributed by atoms with Crippen LogP contribution in [0.3, 0.4) is 0 Å². The number of guanidine groups is 1. The minimum Gasteiger partial charge on any atom is -0.474 e. The number of aromatic nitrogens is 1. The summed E-state index contributed by atoms with van der Waals surface area (Å²) in [7, 11) is -2.23. The molecule has 1 saturated heterocycles. The van der Waals surface area contributed by atoms with E-state index in [-0.39, 0.29) is 11.7 Å². The van der Waals surface area contributed by atoms with Crippen LogP contribution in [-0.2, 0) is 20.3 Å². The molecule has 0 bridgehead atoms. The maximum Gasteiger partial charge on any atom is 0.239 e. The summed E-state index contributed by atoms with van der Waals surface area (Å²) in [5, 5.41) is 11.4. The Bertz CT molecular complexity index is 1060. The second kappa shape index (κ2) is 6.25. The molecule has 144 valence electrons. The SMILES string of the molecule is CN1C(=N)N[C@](C)(c2sc(-c3ccc(C4=NCCO4)[nH]3)cc2Cl)CS1(=O)=O. The van der Waals surface area contributed by atoms with Gasteiger partial charge in [-0.2, -0.15) is 0 Å². The van der Waals surface area contributed by atoms with Gasteiger partial charge in [0.1, 0.15) is 12.3 Å². The summed E-state index contributed by atoms with van der Waals surface area (Å²) in [5.74, 6) is 0.236. The van der Waals surface area contributed by atoms with Gasteiger partial charge in [0.15, 0.2) is 0 Å². The van der Waals surface area contributed by atoms with Crippen LogP contribution < -0.4 is 5.32 Å². The van der Waals surface area contributed by atoms with E-state index in [1.54, 1.807) is 13.0 Å². The molecule has 0 aromatic carbocycles. The zero-order chi connectivity index (χ0) is 19.4. The van der Waals surface area contributed by atoms with Gasteiger partial charge in [-0.25, -0.2) is 17.7 Å². The number of aromatic amines is 1. The van der Waals surface area contributed by atoms with Crippen LogP contribution in [0.2, 0.25) is 5.02 Å². The lowest BCUT2D eigenvalue weighted by atomic mass is 10.0. The van der Waals surface area contributed by atoms with E-state index in [4.69, 9.17) is 21.7 Å². The quantitative estimate of drug-likeness (QED) is 0.697. The molecular weight excluding hydrogens is 410 g/mol. The van der Waals surface area contributed by atoms with Gasteiger partial charge in [-0.15, -0.1) is 11.3 Å². The van der Waals surface area contributed by atoms with E-state index in [9.17, 15) is 8.42 Å². The molecule has 2 aliphatic rings. The summed E-state index contributed by atoms with van der Waals surface area (Å²) in [6, 6.07) is 5.60. The molecule has 2 aromatic rings. The fourth-order valence-electron chi connectivity index (χ4n) is 3.14. The maximum absolute atomic E-state index is 12.4. The highest BCUT2D eigenvalue weighted by Gasteiger charge is 2.44. The van der Waals surface area contributed by atoms with Crippen LogP contribution in [0.15, 0.2) is 23.2 Å². The Balaban J connectivity index is 1.69. The average Bonchev–Trinajstić information content (AvgIpc) is 3.31. The minimum absolute atomic E-state index is 0.173. The van der Waals surface area contributed by atoms with Crippen molar-refractivity contribution in [2.24, 2.45) is 4.99 Å². The van der Waals surface area contributed by atoms with E-state index in [1.807, 2.05) is 12.1 Å². The van der Waals surface area contributed by atoms with Gasteiger partial charge in [0.25, 0.3) is 0 Å². The summed E-state index contributed by atoms with van der Waals surface area (Å²) in [6.45, 7) is 2.98. The number of thiophene rings is 1. The highest BCUT2D eigenvalue weighted by atomic mass is 35.5. The molecule has 0 spiro atoms. The first kappa shape index (κ1) is 18.3. The van der Waals surface area contributed by atoms with Crippen LogP contribution in [0.4, 0.5) is 0 Å². The maximum atomic E-state index is 12.4. The number of nitrogens with zero attached hydrogens (tertiary/aromatic N) is 2. The van der Waals surface area contributed by atoms with Crippen molar-refractivity contribution in [3.05, 3.63) is 33.8 Å². The normalized spacial score (nSPS) is 24.5. The number of halogens is 1. The predicted molar refractivity (Wildman–Crippen MR) is 106 cm³/mol. The third-order valence-electron chi connectivity index (χ3n) is 4.55. The molecule has 8 nitrogen and oxygen atoms in total. The predicted octanol–water partition coefficient (Wildman–Crippen LogP) is 2.19. The van der Waals surface area contributed by atoms with Gasteiger partial charge in [0.05, 0.1) is 38.3 Å². The van der Waals surface area contributed by atoms with Crippen LogP contribution in [0.1, 0.15) is 17.5 Å². The summed E-state index contributed by atoms with van der Waals surface area (Å²) in [6.07, 6.45) is 0. The lowest BCUT2D eigenvalue weighted by Crippen LogP contribution is -2.60. The third-order valence-corrected chi connectivity index (χ3v) is 8.35. The first-order chi connectivity index (χ1) is 12.7. The Hall–Kier alpha value is -2.04. The molecule has 3 N–H and O–H groups in total. The molecule has 0 amide bonds. The summed E-state index contributed by atoms with van der Waals surface area (Å²) >= 11 is 7.85. The largest absolute Gasteiger partial charge is 0.474 e. The number of H-pyrrole nitrogens is 1. The third kappa shape index (κ3) is 3.11. The van der Waals surface area contributed by atoms with Gasteiger partial charge >= 0.3 is 0 Å². The van der Waals surface area contributed by atoms with Crippen LogP contribution in [-0.4, -0.2) is 55.5 Å². The van der Waals surface area contributed by atoms with Gasteiger partial charge in [-0.3, -0.25) is 5.41 Å². The molecule has 1 fully saturated rings. The van der Waals surface area contributed by atoms with E-state index in [2.05, 4.69) is 15.3 Å². The zero-order valence-corrected chi connectivity index (χ0v) is 17.1. The van der Waals surface area contributed by atoms with Crippen molar-refractivity contribution in [2.75, 3.05) is 26.0 Å². The number of aliphatic imine (C=N–C) groups is 1. The summed E-state index contributed by atoms with van der Waals surface area (Å²) in [5.41, 5.74) is 0.661. The van der Waals surface area contributed by atoms with E-state index < -0.39 is 15.6 Å². The lowest BCUT2D eigenvalue weighted by molar-refractivity contribution is 0.347. The van der Waals surface area contributed by atoms with Crippen LogP contribution >= 0.6 is 22.9 Å². The number of ether oxygens (including phenoxy) is 1. The van der Waals surface area contributed by atoms with Crippen molar-refractivity contribution in [2.45, 2.75) is 12.5 Å². The molecule has 4 heterocycles. The Morgan fingerprint density at radius 3 is 2.81 bits per heavy atom. The van der Waals surface area contributed by atoms with Crippen molar-refractivity contribution in [1.29, 1.82) is 5.41 Å². The second-order valence-electron chi connectivity index (χ2n) is 6.64. The molecule has 11 heteroatoms. The van der Waals surface area contributed by atoms with Gasteiger partial charge in [-0.05, 0) is 25.1 Å². The topological polar surface area (TPSA) is 111 Å². The van der Waals surface area contributed by atoms with E-state index in [0.717, 1.165) is 20.6 Å².